The van der Waals surface area contributed by atoms with Gasteiger partial charge in [-0.15, -0.1) is 0 Å². The molecule has 5 nitrogen and oxygen atoms in total. The quantitative estimate of drug-likeness (QED) is 0.760. The van der Waals surface area contributed by atoms with Crippen LogP contribution in [0.5, 0.6) is 0 Å². The predicted octanol–water partition coefficient (Wildman–Crippen LogP) is 3.94. The van der Waals surface area contributed by atoms with Gasteiger partial charge in [0.2, 0.25) is 0 Å². The third-order valence-corrected chi connectivity index (χ3v) is 5.95. The number of benzene rings is 2. The lowest BCUT2D eigenvalue weighted by Crippen LogP contribution is -2.27. The molecule has 0 radical (unpaired) electrons. The Balaban J connectivity index is 0.000000213. The number of carbonyl (C=O) groups is 2. The Morgan fingerprint density at radius 2 is 1.39 bits per heavy atom. The summed E-state index contributed by atoms with van der Waals surface area (Å²) < 4.78 is 0. The predicted molar refractivity (Wildman–Crippen MR) is 128 cm³/mol. The second kappa shape index (κ2) is 11.2. The maximum Gasteiger partial charge on any atom is 0.251 e. The van der Waals surface area contributed by atoms with Crippen molar-refractivity contribution >= 4 is 11.7 Å². The highest BCUT2D eigenvalue weighted by atomic mass is 16.1. The summed E-state index contributed by atoms with van der Waals surface area (Å²) in [4.78, 5) is 27.6. The molecule has 0 bridgehead atoms. The van der Waals surface area contributed by atoms with Gasteiger partial charge in [-0.25, -0.2) is 0 Å². The first-order chi connectivity index (χ1) is 14.4. The highest BCUT2D eigenvalue weighted by Crippen LogP contribution is 2.20. The van der Waals surface area contributed by atoms with Crippen molar-refractivity contribution < 1.29 is 9.59 Å². The number of likely N-dealkylation sites (N-methyl/N-ethyl adjacent to an activating group) is 2. The number of nitrogens with zero attached hydrogens (tertiary/aromatic N) is 2. The summed E-state index contributed by atoms with van der Waals surface area (Å²) in [7, 11) is 5.91. The van der Waals surface area contributed by atoms with Crippen LogP contribution in [0.3, 0.4) is 0 Å². The minimum absolute atomic E-state index is 0. The van der Waals surface area contributed by atoms with Gasteiger partial charge in [0.05, 0.1) is 0 Å². The van der Waals surface area contributed by atoms with Crippen molar-refractivity contribution in [2.45, 2.75) is 46.7 Å². The molecule has 0 unspecified atom stereocenters. The van der Waals surface area contributed by atoms with Gasteiger partial charge < -0.3 is 15.1 Å². The second-order valence-electron chi connectivity index (χ2n) is 8.30. The van der Waals surface area contributed by atoms with E-state index >= 15 is 0 Å². The minimum atomic E-state index is -0.00303. The number of amides is 1. The molecule has 4 rings (SSSR count). The SMILES string of the molecule is C.CCC(=O)c1ccc2c(c1)CN(C)CC2.CNC(=O)c1ccc2c(c1)CCN(C)C2. The van der Waals surface area contributed by atoms with E-state index in [-0.39, 0.29) is 19.1 Å². The molecule has 2 aromatic rings. The normalized spacial score (nSPS) is 15.5. The molecule has 168 valence electrons. The fourth-order valence-corrected chi connectivity index (χ4v) is 4.06. The van der Waals surface area contributed by atoms with Crippen molar-refractivity contribution in [1.82, 2.24) is 15.1 Å². The number of carbonyl (C=O) groups excluding carboxylic acids is 2. The van der Waals surface area contributed by atoms with Gasteiger partial charge in [-0.3, -0.25) is 9.59 Å². The Morgan fingerprint density at radius 3 is 2.03 bits per heavy atom. The molecule has 0 saturated carbocycles. The second-order valence-corrected chi connectivity index (χ2v) is 8.30. The van der Waals surface area contributed by atoms with Gasteiger partial charge in [-0.05, 0) is 67.4 Å². The van der Waals surface area contributed by atoms with Crippen molar-refractivity contribution in [2.24, 2.45) is 0 Å². The Labute approximate surface area is 187 Å². The molecular weight excluding hydrogens is 386 g/mol. The van der Waals surface area contributed by atoms with Crippen LogP contribution in [0.4, 0.5) is 0 Å². The molecule has 31 heavy (non-hydrogen) atoms. The first kappa shape index (κ1) is 24.8. The summed E-state index contributed by atoms with van der Waals surface area (Å²) in [6.45, 7) is 6.07. The first-order valence-corrected chi connectivity index (χ1v) is 10.8. The number of hydrogen-bond donors (Lipinski definition) is 1. The van der Waals surface area contributed by atoms with Gasteiger partial charge in [-0.2, -0.15) is 0 Å². The van der Waals surface area contributed by atoms with Crippen LogP contribution < -0.4 is 5.32 Å². The lowest BCUT2D eigenvalue weighted by molar-refractivity contribution is 0.0960. The number of rotatable bonds is 3. The fraction of sp³-hybridized carbons (Fsp3) is 0.462. The van der Waals surface area contributed by atoms with E-state index in [0.717, 1.165) is 50.1 Å². The number of fused-ring (bicyclic) bond motifs is 2. The van der Waals surface area contributed by atoms with Gasteiger partial charge in [-0.1, -0.05) is 32.5 Å². The van der Waals surface area contributed by atoms with Crippen LogP contribution in [0.15, 0.2) is 36.4 Å². The maximum atomic E-state index is 11.6. The van der Waals surface area contributed by atoms with Crippen LogP contribution >= 0.6 is 0 Å². The van der Waals surface area contributed by atoms with E-state index in [1.165, 1.54) is 22.3 Å². The molecule has 2 aliphatic heterocycles. The zero-order valence-electron chi connectivity index (χ0n) is 18.6. The number of hydrogen-bond acceptors (Lipinski definition) is 4. The van der Waals surface area contributed by atoms with Gasteiger partial charge in [0.25, 0.3) is 5.91 Å². The van der Waals surface area contributed by atoms with Crippen LogP contribution in [0.1, 0.15) is 63.7 Å². The van der Waals surface area contributed by atoms with Gasteiger partial charge in [0.15, 0.2) is 5.78 Å². The first-order valence-electron chi connectivity index (χ1n) is 10.8. The molecule has 5 heteroatoms. The molecule has 1 amide bonds. The molecular formula is C26H37N3O2. The molecule has 0 aliphatic carbocycles. The van der Waals surface area contributed by atoms with E-state index in [9.17, 15) is 9.59 Å². The van der Waals surface area contributed by atoms with Crippen molar-refractivity contribution in [3.63, 3.8) is 0 Å². The molecule has 0 spiro atoms. The Hall–Kier alpha value is -2.50. The maximum absolute atomic E-state index is 11.6. The molecule has 2 aromatic carbocycles. The lowest BCUT2D eigenvalue weighted by Gasteiger charge is -2.25. The zero-order valence-corrected chi connectivity index (χ0v) is 18.6. The number of ketones is 1. The molecule has 0 fully saturated rings. The number of Topliss-reactive ketones (excluding diaryl/α,β-unsaturated/α-hetero) is 1. The molecule has 1 N–H and O–H groups in total. The minimum Gasteiger partial charge on any atom is -0.355 e. The van der Waals surface area contributed by atoms with Crippen LogP contribution in [0.2, 0.25) is 0 Å². The van der Waals surface area contributed by atoms with Crippen molar-refractivity contribution in [3.8, 4) is 0 Å². The fourth-order valence-electron chi connectivity index (χ4n) is 4.06. The zero-order chi connectivity index (χ0) is 21.7. The number of nitrogens with one attached hydrogen (secondary N) is 1. The summed E-state index contributed by atoms with van der Waals surface area (Å²) in [5.74, 6) is 0.239. The topological polar surface area (TPSA) is 52.7 Å². The summed E-state index contributed by atoms with van der Waals surface area (Å²) in [6, 6.07) is 12.1. The average Bonchev–Trinajstić information content (AvgIpc) is 2.77. The van der Waals surface area contributed by atoms with E-state index in [1.807, 2.05) is 25.1 Å². The third-order valence-electron chi connectivity index (χ3n) is 5.95. The smallest absolute Gasteiger partial charge is 0.251 e. The van der Waals surface area contributed by atoms with Gasteiger partial charge in [0, 0.05) is 50.8 Å². The Kier molecular flexibility index (Phi) is 8.96. The summed E-state index contributed by atoms with van der Waals surface area (Å²) in [5, 5.41) is 2.65. The highest BCUT2D eigenvalue weighted by Gasteiger charge is 2.15. The molecule has 0 aromatic heterocycles. The van der Waals surface area contributed by atoms with Crippen LogP contribution in [-0.4, -0.2) is 55.7 Å². The largest absolute Gasteiger partial charge is 0.355 e. The Morgan fingerprint density at radius 1 is 0.839 bits per heavy atom. The standard InChI is InChI=1S/C13H17NO.C12H16N2O.CH4/c1-3-13(15)11-5-4-10-6-7-14(2)9-12(10)8-11;1-13-12(15)10-3-4-11-8-14(2)6-5-9(11)7-10;/h4-5,8H,3,6-7,9H2,1-2H3;3-4,7H,5-6,8H2,1-2H3,(H,13,15);1H4. The van der Waals surface area contributed by atoms with E-state index in [0.29, 0.717) is 6.42 Å². The van der Waals surface area contributed by atoms with E-state index in [2.05, 4.69) is 47.4 Å². The van der Waals surface area contributed by atoms with E-state index in [1.54, 1.807) is 7.05 Å². The molecule has 2 heterocycles. The lowest BCUT2D eigenvalue weighted by atomic mass is 9.96. The third kappa shape index (κ3) is 6.25. The van der Waals surface area contributed by atoms with Crippen LogP contribution in [-0.2, 0) is 25.9 Å². The van der Waals surface area contributed by atoms with Gasteiger partial charge >= 0.3 is 0 Å². The summed E-state index contributed by atoms with van der Waals surface area (Å²) in [6.07, 6.45) is 2.73. The summed E-state index contributed by atoms with van der Waals surface area (Å²) in [5.41, 5.74) is 7.02. The Bertz CT molecular complexity index is 923. The average molecular weight is 424 g/mol. The van der Waals surface area contributed by atoms with Gasteiger partial charge in [0.1, 0.15) is 0 Å². The summed E-state index contributed by atoms with van der Waals surface area (Å²) >= 11 is 0. The van der Waals surface area contributed by atoms with Crippen molar-refractivity contribution in [3.05, 3.63) is 69.8 Å². The van der Waals surface area contributed by atoms with Crippen LogP contribution in [0.25, 0.3) is 0 Å². The van der Waals surface area contributed by atoms with Crippen molar-refractivity contribution in [2.75, 3.05) is 34.2 Å². The van der Waals surface area contributed by atoms with E-state index in [4.69, 9.17) is 0 Å². The van der Waals surface area contributed by atoms with Crippen molar-refractivity contribution in [1.29, 1.82) is 0 Å². The molecule has 2 aliphatic rings. The van der Waals surface area contributed by atoms with E-state index < -0.39 is 0 Å². The molecule has 0 atom stereocenters. The molecule has 0 saturated heterocycles. The highest BCUT2D eigenvalue weighted by molar-refractivity contribution is 5.96. The van der Waals surface area contributed by atoms with Crippen LogP contribution in [0, 0.1) is 0 Å². The monoisotopic (exact) mass is 423 g/mol.